The Morgan fingerprint density at radius 3 is 2.69 bits per heavy atom. The number of carboxylic acids is 1. The quantitative estimate of drug-likeness (QED) is 0.837. The minimum atomic E-state index is -0.950. The lowest BCUT2D eigenvalue weighted by Crippen LogP contribution is -2.11. The van der Waals surface area contributed by atoms with E-state index in [1.807, 2.05) is 0 Å². The molecule has 0 aliphatic rings. The van der Waals surface area contributed by atoms with E-state index >= 15 is 0 Å². The Bertz CT molecular complexity index is 336. The van der Waals surface area contributed by atoms with Crippen LogP contribution < -0.4 is 5.73 Å². The number of rotatable bonds is 2. The lowest BCUT2D eigenvalue weighted by molar-refractivity contribution is 0.0695. The number of carboxylic acid groups (broad SMARTS) is 1. The second-order valence-electron chi connectivity index (χ2n) is 2.83. The van der Waals surface area contributed by atoms with Gasteiger partial charge >= 0.3 is 5.97 Å². The van der Waals surface area contributed by atoms with Gasteiger partial charge in [-0.1, -0.05) is 22.0 Å². The number of carbonyl (C=O) groups is 1. The fourth-order valence-electron chi connectivity index (χ4n) is 1.11. The van der Waals surface area contributed by atoms with Crippen LogP contribution in [0.25, 0.3) is 0 Å². The van der Waals surface area contributed by atoms with Crippen molar-refractivity contribution in [1.82, 2.24) is 0 Å². The molecule has 0 radical (unpaired) electrons. The maximum atomic E-state index is 10.8. The topological polar surface area (TPSA) is 63.3 Å². The number of hydrogen-bond acceptors (Lipinski definition) is 2. The maximum absolute atomic E-state index is 10.8. The summed E-state index contributed by atoms with van der Waals surface area (Å²) in [5.74, 6) is -0.950. The smallest absolute Gasteiger partial charge is 0.336 e. The van der Waals surface area contributed by atoms with Crippen molar-refractivity contribution in [3.63, 3.8) is 0 Å². The predicted molar refractivity (Wildman–Crippen MR) is 53.7 cm³/mol. The van der Waals surface area contributed by atoms with E-state index in [1.165, 1.54) is 0 Å². The molecule has 3 N–H and O–H groups in total. The molecule has 0 fully saturated rings. The zero-order chi connectivity index (χ0) is 10.0. The van der Waals surface area contributed by atoms with Crippen molar-refractivity contribution in [3.05, 3.63) is 33.8 Å². The molecule has 0 spiro atoms. The molecule has 0 aromatic heterocycles. The predicted octanol–water partition coefficient (Wildman–Crippen LogP) is 2.17. The number of halogens is 1. The van der Waals surface area contributed by atoms with E-state index in [1.54, 1.807) is 25.1 Å². The van der Waals surface area contributed by atoms with Gasteiger partial charge in [0, 0.05) is 10.5 Å². The van der Waals surface area contributed by atoms with Gasteiger partial charge < -0.3 is 10.8 Å². The molecule has 0 aliphatic heterocycles. The van der Waals surface area contributed by atoms with Crippen LogP contribution in [-0.4, -0.2) is 11.1 Å². The number of hydrogen-bond donors (Lipinski definition) is 2. The van der Waals surface area contributed by atoms with Crippen LogP contribution >= 0.6 is 15.9 Å². The van der Waals surface area contributed by atoms with Crippen LogP contribution in [0.1, 0.15) is 28.9 Å². The molecule has 0 saturated carbocycles. The Kier molecular flexibility index (Phi) is 3.06. The third-order valence-corrected chi connectivity index (χ3v) is 2.23. The zero-order valence-electron chi connectivity index (χ0n) is 7.12. The Labute approximate surface area is 84.7 Å². The van der Waals surface area contributed by atoms with E-state index in [0.717, 1.165) is 4.47 Å². The number of benzene rings is 1. The molecule has 4 heteroatoms. The molecule has 3 nitrogen and oxygen atoms in total. The summed E-state index contributed by atoms with van der Waals surface area (Å²) in [6, 6.07) is 4.80. The highest BCUT2D eigenvalue weighted by molar-refractivity contribution is 9.10. The standard InChI is InChI=1S/C9H10BrNO2/c1-5(11)7-3-2-6(10)4-8(7)9(12)13/h2-5H,11H2,1H3,(H,12,13). The first-order valence-corrected chi connectivity index (χ1v) is 4.60. The lowest BCUT2D eigenvalue weighted by atomic mass is 10.0. The largest absolute Gasteiger partial charge is 0.478 e. The molecule has 1 aromatic rings. The van der Waals surface area contributed by atoms with Crippen LogP contribution in [0, 0.1) is 0 Å². The van der Waals surface area contributed by atoms with E-state index in [4.69, 9.17) is 10.8 Å². The van der Waals surface area contributed by atoms with E-state index in [9.17, 15) is 4.79 Å². The highest BCUT2D eigenvalue weighted by atomic mass is 79.9. The van der Waals surface area contributed by atoms with Crippen molar-refractivity contribution in [2.45, 2.75) is 13.0 Å². The first kappa shape index (κ1) is 10.2. The van der Waals surface area contributed by atoms with Crippen LogP contribution in [0.3, 0.4) is 0 Å². The summed E-state index contributed by atoms with van der Waals surface area (Å²) in [6.45, 7) is 1.76. The summed E-state index contributed by atoms with van der Waals surface area (Å²) < 4.78 is 0.745. The van der Waals surface area contributed by atoms with E-state index in [2.05, 4.69) is 15.9 Å². The summed E-state index contributed by atoms with van der Waals surface area (Å²) >= 11 is 3.21. The molecule has 0 bridgehead atoms. The molecule has 1 rings (SSSR count). The van der Waals surface area contributed by atoms with Gasteiger partial charge in [0.2, 0.25) is 0 Å². The third-order valence-electron chi connectivity index (χ3n) is 1.74. The molecule has 0 saturated heterocycles. The highest BCUT2D eigenvalue weighted by Gasteiger charge is 2.12. The molecule has 70 valence electrons. The third kappa shape index (κ3) is 2.29. The molecule has 0 aliphatic carbocycles. The zero-order valence-corrected chi connectivity index (χ0v) is 8.71. The minimum Gasteiger partial charge on any atom is -0.478 e. The summed E-state index contributed by atoms with van der Waals surface area (Å²) in [4.78, 5) is 10.8. The van der Waals surface area contributed by atoms with Crippen LogP contribution in [0.2, 0.25) is 0 Å². The molecule has 1 atom stereocenters. The number of nitrogens with two attached hydrogens (primary N) is 1. The second-order valence-corrected chi connectivity index (χ2v) is 3.74. The van der Waals surface area contributed by atoms with Gasteiger partial charge in [0.25, 0.3) is 0 Å². The fraction of sp³-hybridized carbons (Fsp3) is 0.222. The first-order valence-electron chi connectivity index (χ1n) is 3.80. The van der Waals surface area contributed by atoms with E-state index < -0.39 is 5.97 Å². The lowest BCUT2D eigenvalue weighted by Gasteiger charge is -2.09. The van der Waals surface area contributed by atoms with Crippen LogP contribution in [0.15, 0.2) is 22.7 Å². The van der Waals surface area contributed by atoms with Crippen molar-refractivity contribution < 1.29 is 9.90 Å². The van der Waals surface area contributed by atoms with Crippen molar-refractivity contribution in [2.75, 3.05) is 0 Å². The van der Waals surface area contributed by atoms with Crippen molar-refractivity contribution in [1.29, 1.82) is 0 Å². The molecule has 1 unspecified atom stereocenters. The van der Waals surface area contributed by atoms with Gasteiger partial charge in [-0.05, 0) is 24.6 Å². The molecule has 1 aromatic carbocycles. The monoisotopic (exact) mass is 243 g/mol. The van der Waals surface area contributed by atoms with Gasteiger partial charge in [0.15, 0.2) is 0 Å². The Hall–Kier alpha value is -0.870. The van der Waals surface area contributed by atoms with Gasteiger partial charge in [-0.3, -0.25) is 0 Å². The van der Waals surface area contributed by atoms with Gasteiger partial charge in [0.1, 0.15) is 0 Å². The molecule has 0 amide bonds. The fourth-order valence-corrected chi connectivity index (χ4v) is 1.47. The Morgan fingerprint density at radius 1 is 1.62 bits per heavy atom. The van der Waals surface area contributed by atoms with Crippen LogP contribution in [0.5, 0.6) is 0 Å². The van der Waals surface area contributed by atoms with Crippen molar-refractivity contribution in [2.24, 2.45) is 5.73 Å². The molecular formula is C9H10BrNO2. The molecular weight excluding hydrogens is 234 g/mol. The molecule has 13 heavy (non-hydrogen) atoms. The first-order chi connectivity index (χ1) is 6.02. The second kappa shape index (κ2) is 3.89. The number of aromatic carboxylic acids is 1. The molecule has 0 heterocycles. The average Bonchev–Trinajstić information content (AvgIpc) is 2.03. The summed E-state index contributed by atoms with van der Waals surface area (Å²) in [6.07, 6.45) is 0. The van der Waals surface area contributed by atoms with E-state index in [0.29, 0.717) is 5.56 Å². The van der Waals surface area contributed by atoms with Crippen molar-refractivity contribution in [3.8, 4) is 0 Å². The summed E-state index contributed by atoms with van der Waals surface area (Å²) in [7, 11) is 0. The average molecular weight is 244 g/mol. The minimum absolute atomic E-state index is 0.254. The van der Waals surface area contributed by atoms with Crippen molar-refractivity contribution >= 4 is 21.9 Å². The Morgan fingerprint density at radius 2 is 2.23 bits per heavy atom. The van der Waals surface area contributed by atoms with Crippen LogP contribution in [-0.2, 0) is 0 Å². The normalized spacial score (nSPS) is 12.5. The van der Waals surface area contributed by atoms with Gasteiger partial charge in [0.05, 0.1) is 5.56 Å². The van der Waals surface area contributed by atoms with Gasteiger partial charge in [-0.2, -0.15) is 0 Å². The van der Waals surface area contributed by atoms with Gasteiger partial charge in [-0.15, -0.1) is 0 Å². The van der Waals surface area contributed by atoms with Gasteiger partial charge in [-0.25, -0.2) is 4.79 Å². The Balaban J connectivity index is 3.27. The SMILES string of the molecule is CC(N)c1ccc(Br)cc1C(=O)O. The maximum Gasteiger partial charge on any atom is 0.336 e. The summed E-state index contributed by atoms with van der Waals surface area (Å²) in [5, 5.41) is 8.86. The van der Waals surface area contributed by atoms with Crippen LogP contribution in [0.4, 0.5) is 0 Å². The summed E-state index contributed by atoms with van der Waals surface area (Å²) in [5.41, 5.74) is 6.53. The highest BCUT2D eigenvalue weighted by Crippen LogP contribution is 2.20. The van der Waals surface area contributed by atoms with E-state index in [-0.39, 0.29) is 11.6 Å².